The van der Waals surface area contributed by atoms with Gasteiger partial charge in [-0.1, -0.05) is 45.8 Å². The maximum atomic E-state index is 12.1. The van der Waals surface area contributed by atoms with Crippen LogP contribution in [0.25, 0.3) is 0 Å². The Bertz CT molecular complexity index is 458. The molecule has 110 valence electrons. The summed E-state index contributed by atoms with van der Waals surface area (Å²) in [5, 5.41) is 0.909. The Kier molecular flexibility index (Phi) is 5.22. The van der Waals surface area contributed by atoms with Crippen molar-refractivity contribution in [3.05, 3.63) is 35.4 Å². The molecule has 4 heteroatoms. The van der Waals surface area contributed by atoms with Crippen LogP contribution in [0.5, 0.6) is 0 Å². The number of alkyl halides is 1. The summed E-state index contributed by atoms with van der Waals surface area (Å²) in [5.74, 6) is 0.747. The van der Waals surface area contributed by atoms with Gasteiger partial charge in [-0.15, -0.1) is 0 Å². The van der Waals surface area contributed by atoms with E-state index in [1.807, 2.05) is 4.90 Å². The number of benzene rings is 1. The molecule has 0 bridgehead atoms. The fourth-order valence-electron chi connectivity index (χ4n) is 2.70. The van der Waals surface area contributed by atoms with Crippen molar-refractivity contribution in [2.45, 2.75) is 19.4 Å². The molecule has 1 fully saturated rings. The van der Waals surface area contributed by atoms with E-state index < -0.39 is 0 Å². The summed E-state index contributed by atoms with van der Waals surface area (Å²) in [4.78, 5) is 16.3. The minimum Gasteiger partial charge on any atom is -0.340 e. The number of likely N-dealkylation sites (tertiary alicyclic amines) is 1. The van der Waals surface area contributed by atoms with Gasteiger partial charge in [-0.25, -0.2) is 0 Å². The Morgan fingerprint density at radius 2 is 2.00 bits per heavy atom. The van der Waals surface area contributed by atoms with Crippen molar-refractivity contribution in [3.63, 3.8) is 0 Å². The number of rotatable bonds is 5. The van der Waals surface area contributed by atoms with Crippen molar-refractivity contribution in [1.29, 1.82) is 0 Å². The Morgan fingerprint density at radius 1 is 1.35 bits per heavy atom. The lowest BCUT2D eigenvalue weighted by Gasteiger charge is -2.29. The highest BCUT2D eigenvalue weighted by atomic mass is 79.9. The highest BCUT2D eigenvalue weighted by Gasteiger charge is 2.31. The SMILES string of the molecule is Cc1ccc(C(CN2CC(CBr)CC2=O)N(C)C)cc1. The van der Waals surface area contributed by atoms with Crippen molar-refractivity contribution in [2.24, 2.45) is 5.92 Å². The smallest absolute Gasteiger partial charge is 0.223 e. The lowest BCUT2D eigenvalue weighted by molar-refractivity contribution is -0.128. The van der Waals surface area contributed by atoms with Crippen molar-refractivity contribution >= 4 is 21.8 Å². The first kappa shape index (κ1) is 15.5. The van der Waals surface area contributed by atoms with E-state index in [1.54, 1.807) is 0 Å². The molecule has 0 aliphatic carbocycles. The molecule has 1 aromatic carbocycles. The van der Waals surface area contributed by atoms with Gasteiger partial charge in [0.2, 0.25) is 5.91 Å². The molecule has 1 aliphatic heterocycles. The zero-order valence-corrected chi connectivity index (χ0v) is 14.1. The van der Waals surface area contributed by atoms with Gasteiger partial charge < -0.3 is 9.80 Å². The van der Waals surface area contributed by atoms with Gasteiger partial charge in [0.15, 0.2) is 0 Å². The maximum Gasteiger partial charge on any atom is 0.223 e. The standard InChI is InChI=1S/C16H23BrN2O/c1-12-4-6-14(7-5-12)15(18(2)3)11-19-10-13(9-17)8-16(19)20/h4-7,13,15H,8-11H2,1-3H3. The molecular weight excluding hydrogens is 316 g/mol. The third-order valence-corrected chi connectivity index (χ3v) is 4.91. The largest absolute Gasteiger partial charge is 0.340 e. The average molecular weight is 339 g/mol. The van der Waals surface area contributed by atoms with Crippen LogP contribution in [0.4, 0.5) is 0 Å². The van der Waals surface area contributed by atoms with Crippen LogP contribution in [0, 0.1) is 12.8 Å². The van der Waals surface area contributed by atoms with E-state index in [1.165, 1.54) is 11.1 Å². The number of halogens is 1. The fraction of sp³-hybridized carbons (Fsp3) is 0.562. The summed E-state index contributed by atoms with van der Waals surface area (Å²) >= 11 is 3.49. The molecule has 1 heterocycles. The lowest BCUT2D eigenvalue weighted by Crippen LogP contribution is -2.35. The summed E-state index contributed by atoms with van der Waals surface area (Å²) < 4.78 is 0. The molecule has 2 atom stereocenters. The van der Waals surface area contributed by atoms with Crippen LogP contribution in [0.3, 0.4) is 0 Å². The van der Waals surface area contributed by atoms with E-state index in [4.69, 9.17) is 0 Å². The first-order valence-electron chi connectivity index (χ1n) is 7.08. The molecule has 2 rings (SSSR count). The summed E-state index contributed by atoms with van der Waals surface area (Å²) in [6.07, 6.45) is 0.680. The molecule has 0 spiro atoms. The van der Waals surface area contributed by atoms with Crippen LogP contribution in [-0.4, -0.2) is 48.2 Å². The average Bonchev–Trinajstić information content (AvgIpc) is 2.77. The van der Waals surface area contributed by atoms with Gasteiger partial charge in [-0.05, 0) is 32.5 Å². The van der Waals surface area contributed by atoms with Crippen LogP contribution >= 0.6 is 15.9 Å². The molecular formula is C16H23BrN2O. The number of carbonyl (C=O) groups excluding carboxylic acids is 1. The predicted molar refractivity (Wildman–Crippen MR) is 86.1 cm³/mol. The van der Waals surface area contributed by atoms with E-state index in [0.717, 1.165) is 18.4 Å². The second-order valence-corrected chi connectivity index (χ2v) is 6.56. The van der Waals surface area contributed by atoms with Crippen molar-refractivity contribution in [3.8, 4) is 0 Å². The van der Waals surface area contributed by atoms with Gasteiger partial charge in [-0.3, -0.25) is 4.79 Å². The molecule has 1 aliphatic rings. The van der Waals surface area contributed by atoms with Gasteiger partial charge in [-0.2, -0.15) is 0 Å². The summed E-state index contributed by atoms with van der Waals surface area (Å²) in [6.45, 7) is 3.75. The number of amides is 1. The highest BCUT2D eigenvalue weighted by molar-refractivity contribution is 9.09. The van der Waals surface area contributed by atoms with E-state index in [2.05, 4.69) is 66.1 Å². The zero-order chi connectivity index (χ0) is 14.7. The van der Waals surface area contributed by atoms with Gasteiger partial charge in [0.05, 0.1) is 6.04 Å². The molecule has 1 saturated heterocycles. The van der Waals surface area contributed by atoms with Crippen LogP contribution in [-0.2, 0) is 4.79 Å². The van der Waals surface area contributed by atoms with Gasteiger partial charge in [0, 0.05) is 24.8 Å². The predicted octanol–water partition coefficient (Wildman–Crippen LogP) is 2.84. The summed E-state index contributed by atoms with van der Waals surface area (Å²) in [5.41, 5.74) is 2.54. The van der Waals surface area contributed by atoms with E-state index in [-0.39, 0.29) is 11.9 Å². The molecule has 20 heavy (non-hydrogen) atoms. The Labute approximate surface area is 130 Å². The quantitative estimate of drug-likeness (QED) is 0.770. The van der Waals surface area contributed by atoms with Gasteiger partial charge >= 0.3 is 0 Å². The first-order chi connectivity index (χ1) is 9.51. The van der Waals surface area contributed by atoms with Gasteiger partial charge in [0.25, 0.3) is 0 Å². The Hall–Kier alpha value is -0.870. The maximum absolute atomic E-state index is 12.1. The second kappa shape index (κ2) is 6.72. The third-order valence-electron chi connectivity index (χ3n) is 3.99. The number of likely N-dealkylation sites (N-methyl/N-ethyl adjacent to an activating group) is 1. The Balaban J connectivity index is 2.10. The molecule has 1 aromatic rings. The van der Waals surface area contributed by atoms with Crippen molar-refractivity contribution in [2.75, 3.05) is 32.5 Å². The number of hydrogen-bond donors (Lipinski definition) is 0. The molecule has 0 N–H and O–H groups in total. The monoisotopic (exact) mass is 338 g/mol. The van der Waals surface area contributed by atoms with Crippen LogP contribution < -0.4 is 0 Å². The minimum atomic E-state index is 0.258. The van der Waals surface area contributed by atoms with E-state index >= 15 is 0 Å². The Morgan fingerprint density at radius 3 is 2.50 bits per heavy atom. The van der Waals surface area contributed by atoms with Crippen LogP contribution in [0.15, 0.2) is 24.3 Å². The first-order valence-corrected chi connectivity index (χ1v) is 8.20. The molecule has 0 aromatic heterocycles. The summed E-state index contributed by atoms with van der Waals surface area (Å²) in [7, 11) is 4.15. The lowest BCUT2D eigenvalue weighted by atomic mass is 10.0. The minimum absolute atomic E-state index is 0.258. The van der Waals surface area contributed by atoms with E-state index in [0.29, 0.717) is 12.3 Å². The molecule has 3 nitrogen and oxygen atoms in total. The van der Waals surface area contributed by atoms with Gasteiger partial charge in [0.1, 0.15) is 0 Å². The summed E-state index contributed by atoms with van der Waals surface area (Å²) in [6, 6.07) is 8.87. The molecule has 1 amide bonds. The number of carbonyl (C=O) groups is 1. The number of nitrogens with zero attached hydrogens (tertiary/aromatic N) is 2. The van der Waals surface area contributed by atoms with Crippen LogP contribution in [0.1, 0.15) is 23.6 Å². The normalized spacial score (nSPS) is 20.8. The van der Waals surface area contributed by atoms with Crippen molar-refractivity contribution < 1.29 is 4.79 Å². The topological polar surface area (TPSA) is 23.6 Å². The van der Waals surface area contributed by atoms with E-state index in [9.17, 15) is 4.79 Å². The zero-order valence-electron chi connectivity index (χ0n) is 12.5. The number of hydrogen-bond acceptors (Lipinski definition) is 2. The fourth-order valence-corrected chi connectivity index (χ4v) is 3.13. The third kappa shape index (κ3) is 3.61. The highest BCUT2D eigenvalue weighted by Crippen LogP contribution is 2.25. The molecule has 2 unspecified atom stereocenters. The van der Waals surface area contributed by atoms with Crippen LogP contribution in [0.2, 0.25) is 0 Å². The molecule has 0 saturated carbocycles. The molecule has 0 radical (unpaired) electrons. The number of aryl methyl sites for hydroxylation is 1. The second-order valence-electron chi connectivity index (χ2n) is 5.91. The van der Waals surface area contributed by atoms with Crippen molar-refractivity contribution in [1.82, 2.24) is 9.80 Å².